The molecule has 1 saturated carbocycles. The van der Waals surface area contributed by atoms with Crippen molar-refractivity contribution >= 4 is 18.3 Å². The van der Waals surface area contributed by atoms with Crippen LogP contribution in [0.4, 0.5) is 0 Å². The fraction of sp³-hybridized carbons (Fsp3) is 0.450. The molecule has 25 heavy (non-hydrogen) atoms. The molecule has 0 saturated heterocycles. The molecule has 1 aliphatic rings. The summed E-state index contributed by atoms with van der Waals surface area (Å²) in [6, 6.07) is 12.8. The van der Waals surface area contributed by atoms with E-state index in [2.05, 4.69) is 28.9 Å². The van der Waals surface area contributed by atoms with Crippen molar-refractivity contribution in [1.82, 2.24) is 9.88 Å². The van der Waals surface area contributed by atoms with Crippen molar-refractivity contribution in [2.45, 2.75) is 58.2 Å². The van der Waals surface area contributed by atoms with Crippen LogP contribution >= 0.6 is 12.4 Å². The molecular weight excluding hydrogens is 334 g/mol. The van der Waals surface area contributed by atoms with Crippen LogP contribution in [0, 0.1) is 13.8 Å². The molecule has 3 rings (SSSR count). The predicted octanol–water partition coefficient (Wildman–Crippen LogP) is 3.57. The number of nitrogens with zero attached hydrogens (tertiary/aromatic N) is 1. The minimum Gasteiger partial charge on any atom is -0.349 e. The van der Waals surface area contributed by atoms with Gasteiger partial charge in [-0.15, -0.1) is 12.4 Å². The van der Waals surface area contributed by atoms with Gasteiger partial charge in [0, 0.05) is 30.0 Å². The van der Waals surface area contributed by atoms with Crippen LogP contribution in [0.3, 0.4) is 0 Å². The second-order valence-electron chi connectivity index (χ2n) is 6.95. The number of carbonyl (C=O) groups is 1. The van der Waals surface area contributed by atoms with Crippen LogP contribution in [-0.2, 0) is 6.54 Å². The third-order valence-electron chi connectivity index (χ3n) is 5.05. The Hall–Kier alpha value is -1.78. The number of hydrogen-bond donors (Lipinski definition) is 2. The molecule has 1 amide bonds. The van der Waals surface area contributed by atoms with Gasteiger partial charge in [-0.1, -0.05) is 30.3 Å². The normalized spacial score (nSPS) is 20.0. The van der Waals surface area contributed by atoms with E-state index < -0.39 is 0 Å². The summed E-state index contributed by atoms with van der Waals surface area (Å²) in [6.07, 6.45) is 4.08. The smallest absolute Gasteiger partial charge is 0.253 e. The van der Waals surface area contributed by atoms with E-state index in [1.165, 1.54) is 5.56 Å². The van der Waals surface area contributed by atoms with E-state index in [9.17, 15) is 4.79 Å². The second kappa shape index (κ2) is 8.54. The van der Waals surface area contributed by atoms with Gasteiger partial charge in [-0.05, 0) is 51.2 Å². The Balaban J connectivity index is 0.00000225. The number of halogens is 1. The summed E-state index contributed by atoms with van der Waals surface area (Å²) in [5.41, 5.74) is 10.2. The van der Waals surface area contributed by atoms with Gasteiger partial charge in [0.2, 0.25) is 0 Å². The maximum atomic E-state index is 12.7. The number of nitrogens with one attached hydrogen (secondary N) is 1. The second-order valence-corrected chi connectivity index (χ2v) is 6.95. The molecule has 0 radical (unpaired) electrons. The molecule has 1 heterocycles. The molecular formula is C20H28ClN3O. The Morgan fingerprint density at radius 1 is 1.24 bits per heavy atom. The molecule has 1 aromatic heterocycles. The van der Waals surface area contributed by atoms with E-state index in [0.717, 1.165) is 49.2 Å². The van der Waals surface area contributed by atoms with E-state index in [-0.39, 0.29) is 30.4 Å². The number of nitrogens with two attached hydrogens (primary N) is 1. The van der Waals surface area contributed by atoms with E-state index in [1.807, 2.05) is 31.2 Å². The monoisotopic (exact) mass is 361 g/mol. The van der Waals surface area contributed by atoms with Gasteiger partial charge in [0.15, 0.2) is 0 Å². The van der Waals surface area contributed by atoms with E-state index in [1.54, 1.807) is 0 Å². The van der Waals surface area contributed by atoms with Gasteiger partial charge >= 0.3 is 0 Å². The van der Waals surface area contributed by atoms with Crippen molar-refractivity contribution in [3.63, 3.8) is 0 Å². The highest BCUT2D eigenvalue weighted by Gasteiger charge is 2.23. The lowest BCUT2D eigenvalue weighted by Gasteiger charge is -2.27. The van der Waals surface area contributed by atoms with Crippen LogP contribution in [-0.4, -0.2) is 22.6 Å². The maximum absolute atomic E-state index is 12.7. The number of aromatic nitrogens is 1. The summed E-state index contributed by atoms with van der Waals surface area (Å²) in [4.78, 5) is 12.7. The van der Waals surface area contributed by atoms with Crippen LogP contribution in [0.2, 0.25) is 0 Å². The van der Waals surface area contributed by atoms with Crippen LogP contribution in [0.15, 0.2) is 36.4 Å². The third kappa shape index (κ3) is 4.65. The lowest BCUT2D eigenvalue weighted by molar-refractivity contribution is 0.0925. The molecule has 1 aliphatic carbocycles. The van der Waals surface area contributed by atoms with Crippen molar-refractivity contribution < 1.29 is 4.79 Å². The Morgan fingerprint density at radius 2 is 1.96 bits per heavy atom. The standard InChI is InChI=1S/C20H27N3O.ClH/c1-14-11-19(20(24)22-18-10-6-9-17(21)12-18)15(2)23(14)13-16-7-4-3-5-8-16;/h3-5,7-8,11,17-18H,6,9-10,12-13,21H2,1-2H3,(H,22,24);1H. The van der Waals surface area contributed by atoms with Crippen molar-refractivity contribution in [3.05, 3.63) is 58.9 Å². The van der Waals surface area contributed by atoms with Crippen molar-refractivity contribution in [3.8, 4) is 0 Å². The number of benzene rings is 1. The first-order chi connectivity index (χ1) is 11.5. The first-order valence-electron chi connectivity index (χ1n) is 8.81. The molecule has 0 aliphatic heterocycles. The van der Waals surface area contributed by atoms with E-state index in [4.69, 9.17) is 5.73 Å². The van der Waals surface area contributed by atoms with Gasteiger partial charge in [-0.3, -0.25) is 4.79 Å². The summed E-state index contributed by atoms with van der Waals surface area (Å²) in [5.74, 6) is 0.0292. The molecule has 1 fully saturated rings. The fourth-order valence-corrected chi connectivity index (χ4v) is 3.66. The molecule has 2 aromatic rings. The summed E-state index contributed by atoms with van der Waals surface area (Å²) in [6.45, 7) is 4.88. The van der Waals surface area contributed by atoms with Crippen molar-refractivity contribution in [2.24, 2.45) is 5.73 Å². The lowest BCUT2D eigenvalue weighted by Crippen LogP contribution is -2.42. The summed E-state index contributed by atoms with van der Waals surface area (Å²) >= 11 is 0. The molecule has 0 spiro atoms. The predicted molar refractivity (Wildman–Crippen MR) is 104 cm³/mol. The van der Waals surface area contributed by atoms with Gasteiger partial charge in [0.25, 0.3) is 5.91 Å². The lowest BCUT2D eigenvalue weighted by atomic mass is 9.91. The molecule has 3 N–H and O–H groups in total. The number of amides is 1. The first-order valence-corrected chi connectivity index (χ1v) is 8.81. The Bertz CT molecular complexity index is 711. The summed E-state index contributed by atoms with van der Waals surface area (Å²) in [7, 11) is 0. The molecule has 4 nitrogen and oxygen atoms in total. The SMILES string of the molecule is Cc1cc(C(=O)NC2CCCC(N)C2)c(C)n1Cc1ccccc1.Cl. The Morgan fingerprint density at radius 3 is 2.64 bits per heavy atom. The molecule has 1 aromatic carbocycles. The Labute approximate surface area is 156 Å². The molecule has 5 heteroatoms. The van der Waals surface area contributed by atoms with Gasteiger partial charge in [-0.2, -0.15) is 0 Å². The molecule has 0 bridgehead atoms. The highest BCUT2D eigenvalue weighted by molar-refractivity contribution is 5.95. The van der Waals surface area contributed by atoms with Crippen LogP contribution < -0.4 is 11.1 Å². The van der Waals surface area contributed by atoms with Gasteiger partial charge in [-0.25, -0.2) is 0 Å². The number of carbonyl (C=O) groups excluding carboxylic acids is 1. The fourth-order valence-electron chi connectivity index (χ4n) is 3.66. The number of hydrogen-bond acceptors (Lipinski definition) is 2. The van der Waals surface area contributed by atoms with Crippen molar-refractivity contribution in [1.29, 1.82) is 0 Å². The third-order valence-corrected chi connectivity index (χ3v) is 5.05. The van der Waals surface area contributed by atoms with Gasteiger partial charge in [0.05, 0.1) is 5.56 Å². The zero-order valence-corrected chi connectivity index (χ0v) is 15.8. The minimum absolute atomic E-state index is 0. The topological polar surface area (TPSA) is 60.1 Å². The van der Waals surface area contributed by atoms with E-state index in [0.29, 0.717) is 0 Å². The quantitative estimate of drug-likeness (QED) is 0.874. The van der Waals surface area contributed by atoms with E-state index >= 15 is 0 Å². The highest BCUT2D eigenvalue weighted by atomic mass is 35.5. The van der Waals surface area contributed by atoms with Crippen LogP contribution in [0.5, 0.6) is 0 Å². The molecule has 2 atom stereocenters. The van der Waals surface area contributed by atoms with Gasteiger partial charge < -0.3 is 15.6 Å². The highest BCUT2D eigenvalue weighted by Crippen LogP contribution is 2.20. The first kappa shape index (κ1) is 19.5. The summed E-state index contributed by atoms with van der Waals surface area (Å²) in [5, 5.41) is 3.18. The zero-order chi connectivity index (χ0) is 17.1. The average molecular weight is 362 g/mol. The number of aryl methyl sites for hydroxylation is 1. The maximum Gasteiger partial charge on any atom is 0.253 e. The molecule has 136 valence electrons. The molecule has 2 unspecified atom stereocenters. The zero-order valence-electron chi connectivity index (χ0n) is 15.0. The summed E-state index contributed by atoms with van der Waals surface area (Å²) < 4.78 is 2.21. The minimum atomic E-state index is 0. The van der Waals surface area contributed by atoms with Crippen molar-refractivity contribution in [2.75, 3.05) is 0 Å². The van der Waals surface area contributed by atoms with Crippen LogP contribution in [0.1, 0.15) is 53.0 Å². The van der Waals surface area contributed by atoms with Gasteiger partial charge in [0.1, 0.15) is 0 Å². The largest absolute Gasteiger partial charge is 0.349 e. The average Bonchev–Trinajstić information content (AvgIpc) is 2.84. The Kier molecular flexibility index (Phi) is 6.68. The number of rotatable bonds is 4. The van der Waals surface area contributed by atoms with Crippen LogP contribution in [0.25, 0.3) is 0 Å².